The van der Waals surface area contributed by atoms with Crippen molar-refractivity contribution >= 4 is 70.0 Å². The van der Waals surface area contributed by atoms with E-state index >= 15 is 17.6 Å². The van der Waals surface area contributed by atoms with Crippen molar-refractivity contribution in [1.82, 2.24) is 9.44 Å². The summed E-state index contributed by atoms with van der Waals surface area (Å²) < 4.78 is 162. The third kappa shape index (κ3) is 11.3. The normalized spacial score (nSPS) is 12.3. The molecule has 1 aliphatic carbocycles. The fourth-order valence-corrected chi connectivity index (χ4v) is 12.5. The lowest BCUT2D eigenvalue weighted by atomic mass is 9.93. The van der Waals surface area contributed by atoms with Gasteiger partial charge in [0.05, 0.1) is 28.2 Å². The molecule has 3 N–H and O–H groups in total. The number of nitrogens with one attached hydrogen (secondary N) is 3. The molecule has 0 radical (unpaired) electrons. The predicted molar refractivity (Wildman–Crippen MR) is 264 cm³/mol. The molecule has 1 heterocycles. The van der Waals surface area contributed by atoms with Crippen LogP contribution in [0.2, 0.25) is 0 Å². The highest BCUT2D eigenvalue weighted by Gasteiger charge is 2.40. The quantitative estimate of drug-likeness (QED) is 0.0206. The molecule has 382 valence electrons. The molecule has 0 atom stereocenters. The minimum Gasteiger partial charge on any atom is -0.460 e. The van der Waals surface area contributed by atoms with E-state index in [4.69, 9.17) is 14.1 Å². The molecule has 7 rings (SSSR count). The third-order valence-corrected chi connectivity index (χ3v) is 16.6. The lowest BCUT2D eigenvalue weighted by Crippen LogP contribution is -2.33. The number of anilines is 2. The van der Waals surface area contributed by atoms with Crippen molar-refractivity contribution in [3.63, 3.8) is 0 Å². The van der Waals surface area contributed by atoms with Gasteiger partial charge in [0.1, 0.15) is 29.5 Å². The summed E-state index contributed by atoms with van der Waals surface area (Å²) in [5.41, 5.74) is 7.54. The van der Waals surface area contributed by atoms with Crippen LogP contribution in [0, 0.1) is 57.9 Å². The molecule has 73 heavy (non-hydrogen) atoms. The Balaban J connectivity index is 1.26. The summed E-state index contributed by atoms with van der Waals surface area (Å²) in [7, 11) is -17.1. The van der Waals surface area contributed by atoms with Gasteiger partial charge in [-0.3, -0.25) is 0 Å². The van der Waals surface area contributed by atoms with E-state index in [2.05, 4.69) is 21.9 Å². The summed E-state index contributed by atoms with van der Waals surface area (Å²) in [6, 6.07) is 24.7. The molecule has 15 nitrogen and oxygen atoms in total. The van der Waals surface area contributed by atoms with Gasteiger partial charge in [0.15, 0.2) is 38.0 Å². The molecule has 5 aromatic carbocycles. The van der Waals surface area contributed by atoms with Gasteiger partial charge in [0.25, 0.3) is 20.0 Å². The molecule has 1 aliphatic heterocycles. The average Bonchev–Trinajstić information content (AvgIpc) is 3.30. The maximum atomic E-state index is 15.8. The molecule has 0 saturated carbocycles. The number of hydrogen-bond acceptors (Lipinski definition) is 13. The summed E-state index contributed by atoms with van der Waals surface area (Å²) in [5, 5.41) is 6.30. The number of para-hydroxylation sites is 1. The maximum absolute atomic E-state index is 15.8. The first-order chi connectivity index (χ1) is 34.3. The minimum absolute atomic E-state index is 0.0696. The van der Waals surface area contributed by atoms with Crippen LogP contribution in [0.1, 0.15) is 34.7 Å². The van der Waals surface area contributed by atoms with E-state index in [0.29, 0.717) is 27.7 Å². The molecule has 1 amide bonds. The van der Waals surface area contributed by atoms with E-state index in [1.165, 1.54) is 29.3 Å². The van der Waals surface area contributed by atoms with E-state index in [-0.39, 0.29) is 41.2 Å². The fourth-order valence-electron chi connectivity index (χ4n) is 8.01. The summed E-state index contributed by atoms with van der Waals surface area (Å²) in [6.45, 7) is 12.6. The number of sulfone groups is 1. The van der Waals surface area contributed by atoms with E-state index in [9.17, 15) is 34.8 Å². The molecule has 0 aromatic heterocycles. The van der Waals surface area contributed by atoms with Crippen LogP contribution in [0.5, 0.6) is 0 Å². The fraction of sp³-hybridized carbons (Fsp3) is 0.196. The van der Waals surface area contributed by atoms with E-state index in [1.54, 1.807) is 36.4 Å². The third-order valence-electron chi connectivity index (χ3n) is 11.3. The van der Waals surface area contributed by atoms with Gasteiger partial charge in [-0.05, 0) is 94.1 Å². The predicted octanol–water partition coefficient (Wildman–Crippen LogP) is 9.57. The second-order valence-electron chi connectivity index (χ2n) is 16.9. The number of aryl methyl sites for hydroxylation is 5. The number of ether oxygens (including phenoxy) is 2. The monoisotopic (exact) mass is 1060 g/mol. The molecule has 2 aliphatic rings. The first kappa shape index (κ1) is 53.4. The zero-order valence-corrected chi connectivity index (χ0v) is 42.3. The molecule has 0 unspecified atom stereocenters. The van der Waals surface area contributed by atoms with Crippen molar-refractivity contribution < 1.29 is 66.3 Å². The molecular formula is C51H46F4N4O11S3. The summed E-state index contributed by atoms with van der Waals surface area (Å²) in [4.78, 5) is 22.7. The van der Waals surface area contributed by atoms with Crippen LogP contribution in [-0.4, -0.2) is 62.8 Å². The highest BCUT2D eigenvalue weighted by atomic mass is 32.3. The molecular weight excluding hydrogens is 1020 g/mol. The highest BCUT2D eigenvalue weighted by Crippen LogP contribution is 2.44. The van der Waals surface area contributed by atoms with Crippen molar-refractivity contribution in [2.75, 3.05) is 30.8 Å². The number of nitrogens with zero attached hydrogens (tertiary/aromatic N) is 1. The van der Waals surface area contributed by atoms with Gasteiger partial charge in [0.2, 0.25) is 0 Å². The van der Waals surface area contributed by atoms with Gasteiger partial charge in [0, 0.05) is 51.2 Å². The van der Waals surface area contributed by atoms with Crippen molar-refractivity contribution in [3.05, 3.63) is 160 Å². The Morgan fingerprint density at radius 1 is 0.685 bits per heavy atom. The van der Waals surface area contributed by atoms with Crippen molar-refractivity contribution in [1.29, 1.82) is 0 Å². The zero-order valence-electron chi connectivity index (χ0n) is 39.9. The van der Waals surface area contributed by atoms with Crippen LogP contribution in [0.3, 0.4) is 0 Å². The van der Waals surface area contributed by atoms with Crippen molar-refractivity contribution in [2.45, 2.75) is 56.2 Å². The van der Waals surface area contributed by atoms with Gasteiger partial charge in [-0.25, -0.2) is 57.4 Å². The van der Waals surface area contributed by atoms with Crippen LogP contribution < -0.4 is 20.1 Å². The highest BCUT2D eigenvalue weighted by molar-refractivity contribution is 8.04. The second kappa shape index (κ2) is 21.0. The van der Waals surface area contributed by atoms with Crippen LogP contribution in [0.4, 0.5) is 39.4 Å². The van der Waals surface area contributed by atoms with Gasteiger partial charge >= 0.3 is 12.1 Å². The number of amides is 1. The Morgan fingerprint density at radius 3 is 1.96 bits per heavy atom. The first-order valence-electron chi connectivity index (χ1n) is 22.0. The summed E-state index contributed by atoms with van der Waals surface area (Å²) in [5.74, 6) is -13.0. The van der Waals surface area contributed by atoms with Gasteiger partial charge in [-0.2, -0.15) is 0 Å². The Bertz CT molecular complexity index is 3740. The number of benzene rings is 6. The number of alkyl carbamates (subject to hydrolysis) is 1. The number of rotatable bonds is 16. The van der Waals surface area contributed by atoms with E-state index in [1.807, 2.05) is 65.0 Å². The number of halogens is 4. The number of carbonyl (C=O) groups excluding carboxylic acids is 2. The lowest BCUT2D eigenvalue weighted by molar-refractivity contribution is -0.138. The van der Waals surface area contributed by atoms with E-state index < -0.39 is 92.3 Å². The number of hydrogen-bond donors (Lipinski definition) is 3. The van der Waals surface area contributed by atoms with Crippen LogP contribution >= 0.6 is 0 Å². The topological polar surface area (TPSA) is 217 Å². The summed E-state index contributed by atoms with van der Waals surface area (Å²) >= 11 is 0. The lowest BCUT2D eigenvalue weighted by Gasteiger charge is -2.19. The Labute approximate surface area is 418 Å². The van der Waals surface area contributed by atoms with E-state index in [0.717, 1.165) is 39.6 Å². The van der Waals surface area contributed by atoms with Gasteiger partial charge < -0.3 is 24.5 Å². The standard InChI is InChI=1S/C51H46F4N4O11S3/c1-27(2)50(60)68-20-19-56-51(61)69-21-22-71(62,63)48-42(52)44(54)49(45(55)43(48)53)73(66,67)59-72(64,65)40-14-9-8-13-37(40)41-35-17-15-33(57-46-29(4)11-10-12-30(46)5)25-38(35)70-39-26-34(16-18-36(39)41)58-47-31(6)23-28(3)24-32(47)7/h8-18,23-26,58-59H,1,19-22H2,2-7H3,(H,56,61)/b57-33+. The number of carbonyl (C=O) groups is 2. The molecule has 0 spiro atoms. The van der Waals surface area contributed by atoms with Crippen LogP contribution in [-0.2, 0) is 44.2 Å². The number of esters is 1. The molecule has 0 bridgehead atoms. The Kier molecular flexibility index (Phi) is 15.3. The second-order valence-corrected chi connectivity index (χ2v) is 22.5. The molecule has 0 fully saturated rings. The van der Waals surface area contributed by atoms with Gasteiger partial charge in [-0.1, -0.05) is 60.7 Å². The number of fused-ring (bicyclic) bond motifs is 2. The Morgan fingerprint density at radius 2 is 1.32 bits per heavy atom. The summed E-state index contributed by atoms with van der Waals surface area (Å²) in [6.07, 6.45) is -1.28. The zero-order chi connectivity index (χ0) is 53.3. The largest absolute Gasteiger partial charge is 0.460 e. The first-order valence-corrected chi connectivity index (χ1v) is 26.6. The Hall–Kier alpha value is -7.40. The SMILES string of the molecule is C=C(C)C(=O)OCCNC(=O)OCCS(=O)(=O)c1c(F)c(F)c(S(=O)(=O)NS(=O)(=O)c2ccccc2-c2c3cc/c(=N\c4c(C)cccc4C)cc-3oc3cc(Nc4c(C)cc(C)cc4C)ccc23)c(F)c1F. The smallest absolute Gasteiger partial charge is 0.407 e. The molecule has 22 heteroatoms. The van der Waals surface area contributed by atoms with Gasteiger partial charge in [-0.15, -0.1) is 4.13 Å². The number of sulfonamides is 2. The van der Waals surface area contributed by atoms with Crippen molar-refractivity contribution in [3.8, 4) is 22.5 Å². The maximum Gasteiger partial charge on any atom is 0.407 e. The van der Waals surface area contributed by atoms with Crippen LogP contribution in [0.25, 0.3) is 33.4 Å². The molecule has 0 saturated heterocycles. The van der Waals surface area contributed by atoms with Crippen LogP contribution in [0.15, 0.2) is 127 Å². The molecule has 5 aromatic rings. The van der Waals surface area contributed by atoms with Crippen molar-refractivity contribution in [2.24, 2.45) is 4.99 Å². The minimum atomic E-state index is -6.17. The average molecular weight is 1060 g/mol.